The van der Waals surface area contributed by atoms with E-state index in [0.29, 0.717) is 6.04 Å². The van der Waals surface area contributed by atoms with E-state index in [2.05, 4.69) is 53.3 Å². The molecule has 0 heterocycles. The van der Waals surface area contributed by atoms with Gasteiger partial charge in [0.25, 0.3) is 0 Å². The van der Waals surface area contributed by atoms with Gasteiger partial charge in [-0.2, -0.15) is 0 Å². The summed E-state index contributed by atoms with van der Waals surface area (Å²) in [4.78, 5) is 0. The van der Waals surface area contributed by atoms with E-state index in [1.54, 1.807) is 7.11 Å². The zero-order valence-electron chi connectivity index (χ0n) is 12.8. The fraction of sp³-hybridized carbons (Fsp3) is 0.647. The smallest absolute Gasteiger partial charge is 0.120 e. The summed E-state index contributed by atoms with van der Waals surface area (Å²) in [5.74, 6) is 2.46. The number of nitrogens with one attached hydrogen (secondary N) is 1. The molecule has 1 fully saturated rings. The molecule has 1 aliphatic carbocycles. The van der Waals surface area contributed by atoms with Crippen molar-refractivity contribution in [1.82, 2.24) is 5.32 Å². The molecule has 3 atom stereocenters. The van der Waals surface area contributed by atoms with E-state index in [1.165, 1.54) is 31.2 Å². The van der Waals surface area contributed by atoms with Crippen LogP contribution in [0.5, 0.6) is 5.75 Å². The molecule has 3 unspecified atom stereocenters. The molecule has 1 aliphatic rings. The highest BCUT2D eigenvalue weighted by atomic mass is 79.9. The summed E-state index contributed by atoms with van der Waals surface area (Å²) >= 11 is 3.73. The van der Waals surface area contributed by atoms with Gasteiger partial charge in [-0.3, -0.25) is 0 Å². The first-order chi connectivity index (χ1) is 9.67. The average molecular weight is 340 g/mol. The third kappa shape index (κ3) is 3.56. The molecule has 3 heteroatoms. The largest absolute Gasteiger partial charge is 0.497 e. The van der Waals surface area contributed by atoms with E-state index in [1.807, 2.05) is 0 Å². The predicted molar refractivity (Wildman–Crippen MR) is 88.2 cm³/mol. The van der Waals surface area contributed by atoms with Crippen LogP contribution in [-0.4, -0.2) is 13.7 Å². The van der Waals surface area contributed by atoms with Gasteiger partial charge in [-0.1, -0.05) is 48.7 Å². The summed E-state index contributed by atoms with van der Waals surface area (Å²) in [7, 11) is 1.72. The van der Waals surface area contributed by atoms with Gasteiger partial charge in [0.2, 0.25) is 0 Å². The minimum absolute atomic E-state index is 0.452. The minimum atomic E-state index is 0.452. The standard InChI is InChI=1S/C17H26BrNO/c1-4-10-19-17(14-7-5-6-12(14)2)15-9-8-13(20-3)11-16(15)18/h8-9,11-12,14,17,19H,4-7,10H2,1-3H3. The molecule has 0 aliphatic heterocycles. The van der Waals surface area contributed by atoms with Crippen LogP contribution in [-0.2, 0) is 0 Å². The highest BCUT2D eigenvalue weighted by Gasteiger charge is 2.32. The number of halogens is 1. The summed E-state index contributed by atoms with van der Waals surface area (Å²) in [6.07, 6.45) is 5.24. The lowest BCUT2D eigenvalue weighted by Gasteiger charge is -2.29. The third-order valence-corrected chi connectivity index (χ3v) is 5.20. The predicted octanol–water partition coefficient (Wildman–Crippen LogP) is 4.93. The summed E-state index contributed by atoms with van der Waals surface area (Å²) in [5.41, 5.74) is 1.37. The van der Waals surface area contributed by atoms with Gasteiger partial charge in [-0.25, -0.2) is 0 Å². The highest BCUT2D eigenvalue weighted by molar-refractivity contribution is 9.10. The Kier molecular flexibility index (Phi) is 5.91. The van der Waals surface area contributed by atoms with Gasteiger partial charge < -0.3 is 10.1 Å². The first kappa shape index (κ1) is 15.8. The number of hydrogen-bond acceptors (Lipinski definition) is 2. The van der Waals surface area contributed by atoms with E-state index < -0.39 is 0 Å². The van der Waals surface area contributed by atoms with E-state index in [9.17, 15) is 0 Å². The van der Waals surface area contributed by atoms with Gasteiger partial charge in [0.1, 0.15) is 5.75 Å². The van der Waals surface area contributed by atoms with Crippen LogP contribution in [0.2, 0.25) is 0 Å². The SMILES string of the molecule is CCCNC(c1ccc(OC)cc1Br)C1CCCC1C. The highest BCUT2D eigenvalue weighted by Crippen LogP contribution is 2.42. The Morgan fingerprint density at radius 2 is 2.20 bits per heavy atom. The maximum atomic E-state index is 5.31. The molecule has 0 spiro atoms. The summed E-state index contributed by atoms with van der Waals surface area (Å²) in [6, 6.07) is 6.81. The molecule has 2 rings (SSSR count). The molecule has 1 N–H and O–H groups in total. The molecular formula is C17H26BrNO. The van der Waals surface area contributed by atoms with Crippen LogP contribution < -0.4 is 10.1 Å². The minimum Gasteiger partial charge on any atom is -0.497 e. The van der Waals surface area contributed by atoms with Crippen molar-refractivity contribution < 1.29 is 4.74 Å². The first-order valence-corrected chi connectivity index (χ1v) is 8.53. The molecule has 0 radical (unpaired) electrons. The lowest BCUT2D eigenvalue weighted by atomic mass is 9.85. The number of rotatable bonds is 6. The molecule has 112 valence electrons. The number of ether oxygens (including phenoxy) is 1. The maximum absolute atomic E-state index is 5.31. The second-order valence-electron chi connectivity index (χ2n) is 5.89. The van der Waals surface area contributed by atoms with Crippen molar-refractivity contribution in [3.63, 3.8) is 0 Å². The summed E-state index contributed by atoms with van der Waals surface area (Å²) in [6.45, 7) is 5.70. The number of hydrogen-bond donors (Lipinski definition) is 1. The van der Waals surface area contributed by atoms with Gasteiger partial charge in [0, 0.05) is 10.5 Å². The van der Waals surface area contributed by atoms with E-state index in [-0.39, 0.29) is 0 Å². The second-order valence-corrected chi connectivity index (χ2v) is 6.75. The topological polar surface area (TPSA) is 21.3 Å². The van der Waals surface area contributed by atoms with Crippen molar-refractivity contribution in [2.75, 3.05) is 13.7 Å². The van der Waals surface area contributed by atoms with Gasteiger partial charge in [0.15, 0.2) is 0 Å². The molecule has 20 heavy (non-hydrogen) atoms. The fourth-order valence-electron chi connectivity index (χ4n) is 3.35. The van der Waals surface area contributed by atoms with Crippen LogP contribution in [0.25, 0.3) is 0 Å². The fourth-order valence-corrected chi connectivity index (χ4v) is 3.95. The van der Waals surface area contributed by atoms with Crippen LogP contribution in [0.4, 0.5) is 0 Å². The third-order valence-electron chi connectivity index (χ3n) is 4.51. The van der Waals surface area contributed by atoms with Crippen LogP contribution in [0, 0.1) is 11.8 Å². The Morgan fingerprint density at radius 3 is 2.75 bits per heavy atom. The average Bonchev–Trinajstić information content (AvgIpc) is 2.87. The molecule has 1 aromatic carbocycles. The quantitative estimate of drug-likeness (QED) is 0.792. The Bertz CT molecular complexity index is 435. The van der Waals surface area contributed by atoms with Crippen molar-refractivity contribution >= 4 is 15.9 Å². The Labute approximate surface area is 131 Å². The van der Waals surface area contributed by atoms with Gasteiger partial charge in [-0.05, 0) is 48.9 Å². The lowest BCUT2D eigenvalue weighted by Crippen LogP contribution is -2.30. The van der Waals surface area contributed by atoms with Crippen LogP contribution in [0.1, 0.15) is 51.1 Å². The number of methoxy groups -OCH3 is 1. The van der Waals surface area contributed by atoms with Crippen LogP contribution in [0.3, 0.4) is 0 Å². The molecule has 0 bridgehead atoms. The van der Waals surface area contributed by atoms with E-state index in [0.717, 1.165) is 28.6 Å². The molecule has 1 aromatic rings. The Morgan fingerprint density at radius 1 is 1.40 bits per heavy atom. The van der Waals surface area contributed by atoms with Crippen LogP contribution in [0.15, 0.2) is 22.7 Å². The lowest BCUT2D eigenvalue weighted by molar-refractivity contribution is 0.301. The summed E-state index contributed by atoms with van der Waals surface area (Å²) < 4.78 is 6.46. The zero-order valence-corrected chi connectivity index (χ0v) is 14.4. The Hall–Kier alpha value is -0.540. The second kappa shape index (κ2) is 7.46. The zero-order chi connectivity index (χ0) is 14.5. The maximum Gasteiger partial charge on any atom is 0.120 e. The molecule has 0 amide bonds. The van der Waals surface area contributed by atoms with Gasteiger partial charge in [0.05, 0.1) is 7.11 Å². The molecule has 2 nitrogen and oxygen atoms in total. The van der Waals surface area contributed by atoms with Crippen LogP contribution >= 0.6 is 15.9 Å². The van der Waals surface area contributed by atoms with Gasteiger partial charge >= 0.3 is 0 Å². The van der Waals surface area contributed by atoms with Gasteiger partial charge in [-0.15, -0.1) is 0 Å². The van der Waals surface area contributed by atoms with Crippen molar-refractivity contribution in [3.05, 3.63) is 28.2 Å². The molecule has 0 saturated heterocycles. The van der Waals surface area contributed by atoms with E-state index >= 15 is 0 Å². The Balaban J connectivity index is 2.25. The molecular weight excluding hydrogens is 314 g/mol. The molecule has 0 aromatic heterocycles. The molecule has 1 saturated carbocycles. The first-order valence-electron chi connectivity index (χ1n) is 7.74. The van der Waals surface area contributed by atoms with Crippen molar-refractivity contribution in [1.29, 1.82) is 0 Å². The van der Waals surface area contributed by atoms with E-state index in [4.69, 9.17) is 4.74 Å². The normalized spacial score (nSPS) is 23.8. The van der Waals surface area contributed by atoms with Crippen molar-refractivity contribution in [2.24, 2.45) is 11.8 Å². The monoisotopic (exact) mass is 339 g/mol. The summed E-state index contributed by atoms with van der Waals surface area (Å²) in [5, 5.41) is 3.77. The van der Waals surface area contributed by atoms with Crippen molar-refractivity contribution in [3.8, 4) is 5.75 Å². The number of benzene rings is 1. The van der Waals surface area contributed by atoms with Crippen molar-refractivity contribution in [2.45, 2.75) is 45.6 Å².